The Morgan fingerprint density at radius 2 is 2.36 bits per heavy atom. The summed E-state index contributed by atoms with van der Waals surface area (Å²) in [5.74, 6) is 0. The first-order chi connectivity index (χ1) is 5.42. The summed E-state index contributed by atoms with van der Waals surface area (Å²) in [6, 6.07) is 3.69. The molecule has 56 valence electrons. The molecule has 2 rings (SSSR count). The van der Waals surface area contributed by atoms with Crippen LogP contribution in [0.5, 0.6) is 0 Å². The minimum atomic E-state index is 0.493. The van der Waals surface area contributed by atoms with Crippen LogP contribution in [0.1, 0.15) is 5.56 Å². The molecule has 11 heavy (non-hydrogen) atoms. The Hall–Kier alpha value is -1.35. The van der Waals surface area contributed by atoms with Crippen LogP contribution in [0, 0.1) is 0 Å². The average Bonchev–Trinajstić information content (AvgIpc) is 2.50. The molecule has 0 aliphatic heterocycles. The SMILES string of the molecule is NCc1ccnc2ccoc12. The first-order valence-electron chi connectivity index (χ1n) is 3.43. The summed E-state index contributed by atoms with van der Waals surface area (Å²) in [4.78, 5) is 4.10. The van der Waals surface area contributed by atoms with Gasteiger partial charge >= 0.3 is 0 Å². The van der Waals surface area contributed by atoms with Crippen molar-refractivity contribution in [1.29, 1.82) is 0 Å². The van der Waals surface area contributed by atoms with Gasteiger partial charge in [-0.15, -0.1) is 0 Å². The first-order valence-corrected chi connectivity index (χ1v) is 3.43. The Balaban J connectivity index is 2.79. The highest BCUT2D eigenvalue weighted by Crippen LogP contribution is 2.16. The zero-order chi connectivity index (χ0) is 7.68. The summed E-state index contributed by atoms with van der Waals surface area (Å²) < 4.78 is 5.20. The van der Waals surface area contributed by atoms with E-state index in [-0.39, 0.29) is 0 Å². The Kier molecular flexibility index (Phi) is 1.36. The first kappa shape index (κ1) is 6.37. The second-order valence-corrected chi connectivity index (χ2v) is 2.31. The average molecular weight is 148 g/mol. The third-order valence-corrected chi connectivity index (χ3v) is 1.65. The summed E-state index contributed by atoms with van der Waals surface area (Å²) in [7, 11) is 0. The lowest BCUT2D eigenvalue weighted by atomic mass is 10.2. The Labute approximate surface area is 63.8 Å². The van der Waals surface area contributed by atoms with Crippen LogP contribution in [0.3, 0.4) is 0 Å². The zero-order valence-corrected chi connectivity index (χ0v) is 5.95. The lowest BCUT2D eigenvalue weighted by Gasteiger charge is -1.94. The molecule has 0 spiro atoms. The van der Waals surface area contributed by atoms with Gasteiger partial charge in [-0.2, -0.15) is 0 Å². The van der Waals surface area contributed by atoms with Crippen LogP contribution in [0.15, 0.2) is 29.0 Å². The monoisotopic (exact) mass is 148 g/mol. The molecule has 0 saturated heterocycles. The standard InChI is InChI=1S/C8H8N2O/c9-5-6-1-3-10-7-2-4-11-8(6)7/h1-4H,5,9H2. The minimum absolute atomic E-state index is 0.493. The molecule has 0 aliphatic carbocycles. The molecule has 2 heterocycles. The maximum Gasteiger partial charge on any atom is 0.156 e. The number of pyridine rings is 1. The van der Waals surface area contributed by atoms with E-state index in [9.17, 15) is 0 Å². The van der Waals surface area contributed by atoms with Crippen molar-refractivity contribution in [3.05, 3.63) is 30.2 Å². The predicted molar refractivity (Wildman–Crippen MR) is 41.9 cm³/mol. The van der Waals surface area contributed by atoms with Crippen LogP contribution in [0.2, 0.25) is 0 Å². The molecule has 0 atom stereocenters. The molecule has 2 N–H and O–H groups in total. The van der Waals surface area contributed by atoms with Gasteiger partial charge in [-0.3, -0.25) is 4.98 Å². The van der Waals surface area contributed by atoms with Gasteiger partial charge in [0.2, 0.25) is 0 Å². The summed E-state index contributed by atoms with van der Waals surface area (Å²) in [6.45, 7) is 0.493. The van der Waals surface area contributed by atoms with Gasteiger partial charge in [0.15, 0.2) is 5.58 Å². The number of hydrogen-bond donors (Lipinski definition) is 1. The second kappa shape index (κ2) is 2.36. The number of fused-ring (bicyclic) bond motifs is 1. The summed E-state index contributed by atoms with van der Waals surface area (Å²) in [5.41, 5.74) is 8.16. The quantitative estimate of drug-likeness (QED) is 0.662. The van der Waals surface area contributed by atoms with Crippen molar-refractivity contribution in [2.75, 3.05) is 0 Å². The molecular weight excluding hydrogens is 140 g/mol. The van der Waals surface area contributed by atoms with E-state index in [0.29, 0.717) is 6.54 Å². The highest BCUT2D eigenvalue weighted by molar-refractivity contribution is 5.75. The van der Waals surface area contributed by atoms with E-state index in [1.165, 1.54) is 0 Å². The van der Waals surface area contributed by atoms with Crippen LogP contribution in [0.25, 0.3) is 11.1 Å². The van der Waals surface area contributed by atoms with Crippen molar-refractivity contribution in [3.8, 4) is 0 Å². The van der Waals surface area contributed by atoms with E-state index in [2.05, 4.69) is 4.98 Å². The fourth-order valence-corrected chi connectivity index (χ4v) is 1.09. The molecule has 0 radical (unpaired) electrons. The van der Waals surface area contributed by atoms with Gasteiger partial charge in [-0.05, 0) is 6.07 Å². The third-order valence-electron chi connectivity index (χ3n) is 1.65. The normalized spacial score (nSPS) is 10.6. The summed E-state index contributed by atoms with van der Waals surface area (Å²) >= 11 is 0. The lowest BCUT2D eigenvalue weighted by Crippen LogP contribution is -1.96. The van der Waals surface area contributed by atoms with Crippen LogP contribution in [-0.4, -0.2) is 4.98 Å². The molecule has 0 amide bonds. The Bertz CT molecular complexity index is 367. The van der Waals surface area contributed by atoms with Gasteiger partial charge in [0.25, 0.3) is 0 Å². The number of furan rings is 1. The lowest BCUT2D eigenvalue weighted by molar-refractivity contribution is 0.610. The molecular formula is C8H8N2O. The molecule has 2 aromatic heterocycles. The number of aromatic nitrogens is 1. The van der Waals surface area contributed by atoms with E-state index >= 15 is 0 Å². The van der Waals surface area contributed by atoms with Gasteiger partial charge in [0.05, 0.1) is 6.26 Å². The molecule has 0 unspecified atom stereocenters. The van der Waals surface area contributed by atoms with Crippen LogP contribution in [0.4, 0.5) is 0 Å². The van der Waals surface area contributed by atoms with Crippen molar-refractivity contribution in [2.45, 2.75) is 6.54 Å². The maximum absolute atomic E-state index is 5.49. The fraction of sp³-hybridized carbons (Fsp3) is 0.125. The number of nitrogens with two attached hydrogens (primary N) is 1. The van der Waals surface area contributed by atoms with Crippen LogP contribution >= 0.6 is 0 Å². The third kappa shape index (κ3) is 0.897. The topological polar surface area (TPSA) is 52.0 Å². The van der Waals surface area contributed by atoms with Gasteiger partial charge < -0.3 is 10.2 Å². The van der Waals surface area contributed by atoms with Crippen molar-refractivity contribution < 1.29 is 4.42 Å². The highest BCUT2D eigenvalue weighted by atomic mass is 16.3. The summed E-state index contributed by atoms with van der Waals surface area (Å²) in [6.07, 6.45) is 3.36. The van der Waals surface area contributed by atoms with Crippen molar-refractivity contribution >= 4 is 11.1 Å². The molecule has 0 aliphatic rings. The van der Waals surface area contributed by atoms with Crippen molar-refractivity contribution in [2.24, 2.45) is 5.73 Å². The van der Waals surface area contributed by atoms with E-state index in [1.54, 1.807) is 12.5 Å². The van der Waals surface area contributed by atoms with Gasteiger partial charge in [0.1, 0.15) is 5.52 Å². The highest BCUT2D eigenvalue weighted by Gasteiger charge is 2.01. The molecule has 2 aromatic rings. The minimum Gasteiger partial charge on any atom is -0.462 e. The van der Waals surface area contributed by atoms with Gasteiger partial charge in [-0.1, -0.05) is 0 Å². The Morgan fingerprint density at radius 1 is 1.45 bits per heavy atom. The van der Waals surface area contributed by atoms with E-state index in [4.69, 9.17) is 10.2 Å². The summed E-state index contributed by atoms with van der Waals surface area (Å²) in [5, 5.41) is 0. The number of nitrogens with zero attached hydrogens (tertiary/aromatic N) is 1. The number of hydrogen-bond acceptors (Lipinski definition) is 3. The number of rotatable bonds is 1. The van der Waals surface area contributed by atoms with Crippen molar-refractivity contribution in [1.82, 2.24) is 4.98 Å². The van der Waals surface area contributed by atoms with Crippen molar-refractivity contribution in [3.63, 3.8) is 0 Å². The molecule has 3 nitrogen and oxygen atoms in total. The van der Waals surface area contributed by atoms with E-state index in [0.717, 1.165) is 16.7 Å². The fourth-order valence-electron chi connectivity index (χ4n) is 1.09. The van der Waals surface area contributed by atoms with Gasteiger partial charge in [0, 0.05) is 24.4 Å². The largest absolute Gasteiger partial charge is 0.462 e. The molecule has 0 aromatic carbocycles. The molecule has 0 saturated carbocycles. The smallest absolute Gasteiger partial charge is 0.156 e. The van der Waals surface area contributed by atoms with Crippen LogP contribution in [-0.2, 0) is 6.54 Å². The Morgan fingerprint density at radius 3 is 3.18 bits per heavy atom. The molecule has 0 fully saturated rings. The van der Waals surface area contributed by atoms with Gasteiger partial charge in [-0.25, -0.2) is 0 Å². The molecule has 3 heteroatoms. The second-order valence-electron chi connectivity index (χ2n) is 2.31. The van der Waals surface area contributed by atoms with E-state index < -0.39 is 0 Å². The molecule has 0 bridgehead atoms. The van der Waals surface area contributed by atoms with Crippen LogP contribution < -0.4 is 5.73 Å². The maximum atomic E-state index is 5.49. The van der Waals surface area contributed by atoms with E-state index in [1.807, 2.05) is 12.1 Å². The predicted octanol–water partition coefficient (Wildman–Crippen LogP) is 1.29. The zero-order valence-electron chi connectivity index (χ0n) is 5.95.